The highest BCUT2D eigenvalue weighted by atomic mass is 32.1. The summed E-state index contributed by atoms with van der Waals surface area (Å²) in [6.45, 7) is 0.387. The third-order valence-electron chi connectivity index (χ3n) is 2.86. The zero-order valence-electron chi connectivity index (χ0n) is 10.4. The highest BCUT2D eigenvalue weighted by Gasteiger charge is 2.12. The second kappa shape index (κ2) is 5.30. The first-order chi connectivity index (χ1) is 9.74. The van der Waals surface area contributed by atoms with Crippen molar-refractivity contribution in [1.29, 1.82) is 0 Å². The molecule has 0 atom stereocenters. The maximum atomic E-state index is 11.1. The Hall–Kier alpha value is -2.40. The molecule has 20 heavy (non-hydrogen) atoms. The molecule has 0 aliphatic rings. The minimum Gasteiger partial charge on any atom is -0.477 e. The first-order valence-electron chi connectivity index (χ1n) is 6.02. The van der Waals surface area contributed by atoms with Gasteiger partial charge in [0.25, 0.3) is 0 Å². The number of fused-ring (bicyclic) bond motifs is 1. The third kappa shape index (κ3) is 2.48. The van der Waals surface area contributed by atoms with Crippen molar-refractivity contribution >= 4 is 28.1 Å². The van der Waals surface area contributed by atoms with Gasteiger partial charge in [0, 0.05) is 10.3 Å². The molecule has 0 bridgehead atoms. The van der Waals surface area contributed by atoms with Crippen molar-refractivity contribution in [2.24, 2.45) is 0 Å². The highest BCUT2D eigenvalue weighted by Crippen LogP contribution is 2.25. The summed E-state index contributed by atoms with van der Waals surface area (Å²) in [4.78, 5) is 16.3. The number of aromatic nitrogens is 1. The van der Waals surface area contributed by atoms with Gasteiger partial charge < -0.3 is 9.84 Å². The number of carboxylic acid groups (broad SMARTS) is 1. The summed E-state index contributed by atoms with van der Waals surface area (Å²) in [5, 5.41) is 12.7. The molecule has 100 valence electrons. The van der Waals surface area contributed by atoms with Gasteiger partial charge in [0.2, 0.25) is 5.88 Å². The van der Waals surface area contributed by atoms with E-state index in [1.54, 1.807) is 17.4 Å². The van der Waals surface area contributed by atoms with Crippen molar-refractivity contribution in [2.45, 2.75) is 6.61 Å². The maximum Gasteiger partial charge on any atom is 0.354 e. The van der Waals surface area contributed by atoms with Gasteiger partial charge in [-0.15, -0.1) is 11.3 Å². The standard InChI is InChI=1S/C15H11NO3S/c17-15(18)13-8-10-4-1-2-6-12(10)14(16-13)19-9-11-5-3-7-20-11/h1-8H,9H2,(H,17,18). The van der Waals surface area contributed by atoms with Crippen LogP contribution >= 0.6 is 11.3 Å². The average molecular weight is 285 g/mol. The Kier molecular flexibility index (Phi) is 3.35. The lowest BCUT2D eigenvalue weighted by molar-refractivity contribution is 0.0689. The molecule has 0 spiro atoms. The van der Waals surface area contributed by atoms with Gasteiger partial charge in [-0.05, 0) is 29.0 Å². The van der Waals surface area contributed by atoms with Gasteiger partial charge in [0.1, 0.15) is 6.61 Å². The van der Waals surface area contributed by atoms with Crippen molar-refractivity contribution in [3.8, 4) is 5.88 Å². The van der Waals surface area contributed by atoms with E-state index in [0.717, 1.165) is 15.6 Å². The molecule has 0 aliphatic heterocycles. The molecule has 0 unspecified atom stereocenters. The number of carboxylic acids is 1. The van der Waals surface area contributed by atoms with Crippen molar-refractivity contribution < 1.29 is 14.6 Å². The summed E-state index contributed by atoms with van der Waals surface area (Å²) in [5.74, 6) is -0.703. The number of pyridine rings is 1. The van der Waals surface area contributed by atoms with E-state index < -0.39 is 5.97 Å². The summed E-state index contributed by atoms with van der Waals surface area (Å²) < 4.78 is 5.69. The quantitative estimate of drug-likeness (QED) is 0.796. The minimum atomic E-state index is -1.06. The van der Waals surface area contributed by atoms with E-state index in [1.165, 1.54) is 0 Å². The molecular weight excluding hydrogens is 274 g/mol. The Morgan fingerprint density at radius 1 is 1.25 bits per heavy atom. The second-order valence-corrected chi connectivity index (χ2v) is 5.24. The fourth-order valence-electron chi connectivity index (χ4n) is 1.92. The molecule has 0 saturated carbocycles. The van der Waals surface area contributed by atoms with Crippen LogP contribution in [-0.2, 0) is 6.61 Å². The molecule has 0 aliphatic carbocycles. The number of nitrogens with zero attached hydrogens (tertiary/aromatic N) is 1. The predicted octanol–water partition coefficient (Wildman–Crippen LogP) is 3.57. The van der Waals surface area contributed by atoms with E-state index in [2.05, 4.69) is 4.98 Å². The molecule has 3 aromatic rings. The van der Waals surface area contributed by atoms with E-state index in [-0.39, 0.29) is 5.69 Å². The van der Waals surface area contributed by atoms with E-state index in [9.17, 15) is 4.79 Å². The Balaban J connectivity index is 2.00. The lowest BCUT2D eigenvalue weighted by Crippen LogP contribution is -2.04. The van der Waals surface area contributed by atoms with Gasteiger partial charge >= 0.3 is 5.97 Å². The van der Waals surface area contributed by atoms with E-state index >= 15 is 0 Å². The molecule has 0 saturated heterocycles. The number of thiophene rings is 1. The number of carbonyl (C=O) groups is 1. The van der Waals surface area contributed by atoms with E-state index in [4.69, 9.17) is 9.84 Å². The molecule has 4 nitrogen and oxygen atoms in total. The first kappa shape index (κ1) is 12.6. The summed E-state index contributed by atoms with van der Waals surface area (Å²) in [5.41, 5.74) is -0.00937. The highest BCUT2D eigenvalue weighted by molar-refractivity contribution is 7.09. The van der Waals surface area contributed by atoms with Crippen LogP contribution in [0.1, 0.15) is 15.4 Å². The average Bonchev–Trinajstić information content (AvgIpc) is 2.97. The van der Waals surface area contributed by atoms with Gasteiger partial charge in [-0.25, -0.2) is 9.78 Å². The van der Waals surface area contributed by atoms with Crippen LogP contribution in [0.25, 0.3) is 10.8 Å². The number of hydrogen-bond acceptors (Lipinski definition) is 4. The number of ether oxygens (including phenoxy) is 1. The predicted molar refractivity (Wildman–Crippen MR) is 77.4 cm³/mol. The van der Waals surface area contributed by atoms with Gasteiger partial charge in [0.05, 0.1) is 0 Å². The topological polar surface area (TPSA) is 59.4 Å². The summed E-state index contributed by atoms with van der Waals surface area (Å²) in [6, 6.07) is 12.9. The normalized spacial score (nSPS) is 10.6. The zero-order valence-corrected chi connectivity index (χ0v) is 11.3. The molecule has 0 amide bonds. The van der Waals surface area contributed by atoms with Crippen molar-refractivity contribution in [3.63, 3.8) is 0 Å². The number of aromatic carboxylic acids is 1. The molecule has 5 heteroatoms. The van der Waals surface area contributed by atoms with Crippen LogP contribution in [0.2, 0.25) is 0 Å². The monoisotopic (exact) mass is 285 g/mol. The van der Waals surface area contributed by atoms with Gasteiger partial charge in [-0.2, -0.15) is 0 Å². The van der Waals surface area contributed by atoms with Crippen LogP contribution in [-0.4, -0.2) is 16.1 Å². The lowest BCUT2D eigenvalue weighted by Gasteiger charge is -2.08. The van der Waals surface area contributed by atoms with E-state index in [0.29, 0.717) is 12.5 Å². The van der Waals surface area contributed by atoms with Crippen molar-refractivity contribution in [3.05, 3.63) is 58.4 Å². The molecule has 1 aromatic carbocycles. The van der Waals surface area contributed by atoms with Gasteiger partial charge in [-0.3, -0.25) is 0 Å². The lowest BCUT2D eigenvalue weighted by atomic mass is 10.1. The molecule has 0 fully saturated rings. The number of hydrogen-bond donors (Lipinski definition) is 1. The van der Waals surface area contributed by atoms with Crippen molar-refractivity contribution in [2.75, 3.05) is 0 Å². The molecule has 0 radical (unpaired) electrons. The number of benzene rings is 1. The number of rotatable bonds is 4. The molecule has 2 aromatic heterocycles. The Morgan fingerprint density at radius 2 is 2.10 bits per heavy atom. The second-order valence-electron chi connectivity index (χ2n) is 4.21. The van der Waals surface area contributed by atoms with Gasteiger partial charge in [0.15, 0.2) is 5.69 Å². The molecular formula is C15H11NO3S. The Bertz CT molecular complexity index is 753. The van der Waals surface area contributed by atoms with Crippen molar-refractivity contribution in [1.82, 2.24) is 4.98 Å². The largest absolute Gasteiger partial charge is 0.477 e. The zero-order chi connectivity index (χ0) is 13.9. The Labute approximate surface area is 119 Å². The maximum absolute atomic E-state index is 11.1. The van der Waals surface area contributed by atoms with E-state index in [1.807, 2.05) is 41.8 Å². The fourth-order valence-corrected chi connectivity index (χ4v) is 2.54. The smallest absolute Gasteiger partial charge is 0.354 e. The minimum absolute atomic E-state index is 0.00937. The van der Waals surface area contributed by atoms with Crippen LogP contribution in [0, 0.1) is 0 Å². The summed E-state index contributed by atoms with van der Waals surface area (Å²) >= 11 is 1.59. The van der Waals surface area contributed by atoms with Crippen LogP contribution in [0.4, 0.5) is 0 Å². The summed E-state index contributed by atoms with van der Waals surface area (Å²) in [7, 11) is 0. The van der Waals surface area contributed by atoms with Crippen LogP contribution in [0.15, 0.2) is 47.8 Å². The Morgan fingerprint density at radius 3 is 2.85 bits per heavy atom. The third-order valence-corrected chi connectivity index (χ3v) is 3.71. The molecule has 1 N–H and O–H groups in total. The fraction of sp³-hybridized carbons (Fsp3) is 0.0667. The van der Waals surface area contributed by atoms with Crippen LogP contribution in [0.5, 0.6) is 5.88 Å². The summed E-state index contributed by atoms with van der Waals surface area (Å²) in [6.07, 6.45) is 0. The van der Waals surface area contributed by atoms with Crippen LogP contribution in [0.3, 0.4) is 0 Å². The van der Waals surface area contributed by atoms with Gasteiger partial charge in [-0.1, -0.05) is 24.3 Å². The SMILES string of the molecule is O=C(O)c1cc2ccccc2c(OCc2cccs2)n1. The van der Waals surface area contributed by atoms with Crippen LogP contribution < -0.4 is 4.74 Å². The molecule has 2 heterocycles. The first-order valence-corrected chi connectivity index (χ1v) is 6.90. The molecule has 3 rings (SSSR count).